The summed E-state index contributed by atoms with van der Waals surface area (Å²) in [6.45, 7) is 8.48. The highest BCUT2D eigenvalue weighted by Gasteiger charge is 2.46. The number of phenols is 1. The molecular weight excluding hydrogens is 510 g/mol. The number of aliphatic hydroxyl groups is 1. The number of aliphatic hydroxyl groups excluding tert-OH is 1. The maximum absolute atomic E-state index is 13.5. The number of nitrogens with zero attached hydrogens (tertiary/aromatic N) is 1. The van der Waals surface area contributed by atoms with E-state index in [1.807, 2.05) is 27.7 Å². The van der Waals surface area contributed by atoms with Crippen LogP contribution < -0.4 is 4.74 Å². The summed E-state index contributed by atoms with van der Waals surface area (Å²) in [5, 5.41) is 21.4. The van der Waals surface area contributed by atoms with E-state index in [-0.39, 0.29) is 29.0 Å². The molecule has 1 saturated heterocycles. The van der Waals surface area contributed by atoms with Gasteiger partial charge in [0.25, 0.3) is 11.7 Å². The second-order valence-corrected chi connectivity index (χ2v) is 10.6. The number of Topliss-reactive ketones (excluding diaryl/α,β-unsaturated/α-hetero) is 1. The van der Waals surface area contributed by atoms with Gasteiger partial charge in [0.15, 0.2) is 0 Å². The lowest BCUT2D eigenvalue weighted by Crippen LogP contribution is -2.29. The molecule has 0 radical (unpaired) electrons. The van der Waals surface area contributed by atoms with Gasteiger partial charge in [0, 0.05) is 17.7 Å². The molecule has 0 spiro atoms. The maximum Gasteiger partial charge on any atom is 0.337 e. The third-order valence-corrected chi connectivity index (χ3v) is 6.84. The van der Waals surface area contributed by atoms with Crippen molar-refractivity contribution in [2.75, 3.05) is 13.7 Å². The molecular formula is C32H33NO7. The van der Waals surface area contributed by atoms with Gasteiger partial charge in [-0.05, 0) is 65.9 Å². The third-order valence-electron chi connectivity index (χ3n) is 6.84. The summed E-state index contributed by atoms with van der Waals surface area (Å²) in [6, 6.07) is 17.0. The van der Waals surface area contributed by atoms with Crippen LogP contribution in [0.4, 0.5) is 0 Å². The predicted octanol–water partition coefficient (Wildman–Crippen LogP) is 5.50. The fraction of sp³-hybridized carbons (Fsp3) is 0.281. The summed E-state index contributed by atoms with van der Waals surface area (Å²) >= 11 is 0. The van der Waals surface area contributed by atoms with Crippen molar-refractivity contribution in [2.45, 2.75) is 45.7 Å². The SMILES string of the molecule is CCOc1ccc(/C(O)=C2/C(=O)C(=O)N(Cc3ccc(C(=O)OC)cc3)C2c2ccc(O)cc2)cc1C(C)(C)C. The van der Waals surface area contributed by atoms with Gasteiger partial charge in [-0.25, -0.2) is 4.79 Å². The predicted molar refractivity (Wildman–Crippen MR) is 150 cm³/mol. The van der Waals surface area contributed by atoms with Crippen molar-refractivity contribution >= 4 is 23.4 Å². The monoisotopic (exact) mass is 543 g/mol. The number of phenolic OH excluding ortho intramolecular Hbond substituents is 1. The number of esters is 1. The standard InChI is InChI=1S/C32H33NO7/c1-6-40-25-16-13-22(17-24(25)32(2,3)4)28(35)26-27(20-11-14-23(34)15-12-20)33(30(37)29(26)36)18-19-7-9-21(10-8-19)31(38)39-5/h7-17,27,34-35H,6,18H2,1-5H3/b28-26-. The van der Waals surface area contributed by atoms with Gasteiger partial charge in [-0.15, -0.1) is 0 Å². The largest absolute Gasteiger partial charge is 0.508 e. The third kappa shape index (κ3) is 5.57. The summed E-state index contributed by atoms with van der Waals surface area (Å²) < 4.78 is 10.5. The van der Waals surface area contributed by atoms with Gasteiger partial charge in [-0.2, -0.15) is 0 Å². The lowest BCUT2D eigenvalue weighted by Gasteiger charge is -2.26. The van der Waals surface area contributed by atoms with E-state index in [4.69, 9.17) is 9.47 Å². The first-order valence-corrected chi connectivity index (χ1v) is 13.0. The number of benzene rings is 3. The second kappa shape index (κ2) is 11.3. The van der Waals surface area contributed by atoms with Crippen molar-refractivity contribution in [1.82, 2.24) is 4.90 Å². The molecule has 1 fully saturated rings. The van der Waals surface area contributed by atoms with Crippen molar-refractivity contribution < 1.29 is 34.1 Å². The number of hydrogen-bond acceptors (Lipinski definition) is 7. The molecule has 3 aromatic carbocycles. The number of ketones is 1. The number of methoxy groups -OCH3 is 1. The number of carbonyl (C=O) groups excluding carboxylic acids is 3. The minimum absolute atomic E-state index is 0.0282. The number of carbonyl (C=O) groups is 3. The maximum atomic E-state index is 13.5. The average molecular weight is 544 g/mol. The van der Waals surface area contributed by atoms with E-state index in [0.29, 0.717) is 34.6 Å². The first-order valence-electron chi connectivity index (χ1n) is 13.0. The Bertz CT molecular complexity index is 1460. The Labute approximate surface area is 233 Å². The molecule has 40 heavy (non-hydrogen) atoms. The summed E-state index contributed by atoms with van der Waals surface area (Å²) in [7, 11) is 1.29. The molecule has 0 aliphatic carbocycles. The molecule has 0 saturated carbocycles. The number of ether oxygens (including phenoxy) is 2. The smallest absolute Gasteiger partial charge is 0.337 e. The first kappa shape index (κ1) is 28.4. The summed E-state index contributed by atoms with van der Waals surface area (Å²) in [5.74, 6) is -1.65. The summed E-state index contributed by atoms with van der Waals surface area (Å²) in [4.78, 5) is 40.1. The van der Waals surface area contributed by atoms with E-state index in [1.165, 1.54) is 24.1 Å². The van der Waals surface area contributed by atoms with Crippen molar-refractivity contribution in [3.05, 3.63) is 100 Å². The van der Waals surface area contributed by atoms with Crippen LogP contribution >= 0.6 is 0 Å². The van der Waals surface area contributed by atoms with Gasteiger partial charge in [-0.3, -0.25) is 9.59 Å². The van der Waals surface area contributed by atoms with Crippen LogP contribution in [0.5, 0.6) is 11.5 Å². The number of likely N-dealkylation sites (tertiary alicyclic amines) is 1. The Morgan fingerprint density at radius 3 is 2.15 bits per heavy atom. The Morgan fingerprint density at radius 1 is 0.950 bits per heavy atom. The molecule has 1 atom stereocenters. The molecule has 1 heterocycles. The van der Waals surface area contributed by atoms with Gasteiger partial charge in [0.1, 0.15) is 17.3 Å². The van der Waals surface area contributed by atoms with Crippen LogP contribution in [-0.4, -0.2) is 46.5 Å². The van der Waals surface area contributed by atoms with E-state index in [2.05, 4.69) is 0 Å². The number of hydrogen-bond donors (Lipinski definition) is 2. The van der Waals surface area contributed by atoms with Crippen LogP contribution in [0.25, 0.3) is 5.76 Å². The lowest BCUT2D eigenvalue weighted by atomic mass is 9.84. The zero-order valence-electron chi connectivity index (χ0n) is 23.2. The molecule has 0 bridgehead atoms. The molecule has 1 aliphatic rings. The lowest BCUT2D eigenvalue weighted by molar-refractivity contribution is -0.140. The topological polar surface area (TPSA) is 113 Å². The molecule has 1 unspecified atom stereocenters. The van der Waals surface area contributed by atoms with Gasteiger partial charge < -0.3 is 24.6 Å². The number of rotatable bonds is 7. The normalized spacial score (nSPS) is 16.7. The zero-order chi connectivity index (χ0) is 29.2. The van der Waals surface area contributed by atoms with Crippen molar-refractivity contribution in [3.8, 4) is 11.5 Å². The fourth-order valence-electron chi connectivity index (χ4n) is 4.81. The van der Waals surface area contributed by atoms with Crippen LogP contribution in [0.1, 0.15) is 66.3 Å². The van der Waals surface area contributed by atoms with Gasteiger partial charge in [0.05, 0.1) is 30.9 Å². The minimum Gasteiger partial charge on any atom is -0.508 e. The molecule has 1 aliphatic heterocycles. The summed E-state index contributed by atoms with van der Waals surface area (Å²) in [6.07, 6.45) is 0. The van der Waals surface area contributed by atoms with Crippen LogP contribution in [0.3, 0.4) is 0 Å². The van der Waals surface area contributed by atoms with Crippen molar-refractivity contribution in [3.63, 3.8) is 0 Å². The number of amides is 1. The highest BCUT2D eigenvalue weighted by Crippen LogP contribution is 2.42. The highest BCUT2D eigenvalue weighted by atomic mass is 16.5. The Morgan fingerprint density at radius 2 is 1.57 bits per heavy atom. The van der Waals surface area contributed by atoms with Crippen LogP contribution in [0, 0.1) is 0 Å². The van der Waals surface area contributed by atoms with E-state index in [9.17, 15) is 24.6 Å². The van der Waals surface area contributed by atoms with Gasteiger partial charge in [-0.1, -0.05) is 45.0 Å². The fourth-order valence-corrected chi connectivity index (χ4v) is 4.81. The molecule has 3 aromatic rings. The zero-order valence-corrected chi connectivity index (χ0v) is 23.2. The van der Waals surface area contributed by atoms with Gasteiger partial charge >= 0.3 is 5.97 Å². The molecule has 8 heteroatoms. The first-order chi connectivity index (χ1) is 19.0. The Balaban J connectivity index is 1.83. The van der Waals surface area contributed by atoms with E-state index >= 15 is 0 Å². The van der Waals surface area contributed by atoms with Gasteiger partial charge in [0.2, 0.25) is 0 Å². The van der Waals surface area contributed by atoms with Crippen molar-refractivity contribution in [2.24, 2.45) is 0 Å². The van der Waals surface area contributed by atoms with Crippen LogP contribution in [0.2, 0.25) is 0 Å². The molecule has 0 aromatic heterocycles. The van der Waals surface area contributed by atoms with E-state index in [1.54, 1.807) is 54.6 Å². The van der Waals surface area contributed by atoms with Crippen LogP contribution in [-0.2, 0) is 26.3 Å². The average Bonchev–Trinajstić information content (AvgIpc) is 3.17. The Kier molecular flexibility index (Phi) is 8.00. The van der Waals surface area contributed by atoms with E-state index in [0.717, 1.165) is 5.56 Å². The second-order valence-electron chi connectivity index (χ2n) is 10.6. The molecule has 4 rings (SSSR count). The molecule has 8 nitrogen and oxygen atoms in total. The molecule has 2 N–H and O–H groups in total. The molecule has 208 valence electrons. The minimum atomic E-state index is -0.912. The molecule has 1 amide bonds. The quantitative estimate of drug-likeness (QED) is 0.175. The highest BCUT2D eigenvalue weighted by molar-refractivity contribution is 6.46. The summed E-state index contributed by atoms with van der Waals surface area (Å²) in [5.41, 5.74) is 2.44. The van der Waals surface area contributed by atoms with Crippen LogP contribution in [0.15, 0.2) is 72.3 Å². The Hall–Kier alpha value is -4.59. The number of aromatic hydroxyl groups is 1. The van der Waals surface area contributed by atoms with Crippen molar-refractivity contribution in [1.29, 1.82) is 0 Å². The van der Waals surface area contributed by atoms with E-state index < -0.39 is 23.7 Å².